The third-order valence-electron chi connectivity index (χ3n) is 8.49. The zero-order valence-electron chi connectivity index (χ0n) is 21.2. The van der Waals surface area contributed by atoms with Crippen LogP contribution in [0.5, 0.6) is 5.75 Å². The summed E-state index contributed by atoms with van der Waals surface area (Å²) in [4.78, 5) is 67.0. The average Bonchev–Trinajstić information content (AvgIpc) is 3.63. The number of carbonyl (C=O) groups is 4. The molecule has 0 spiro atoms. The lowest BCUT2D eigenvalue weighted by Gasteiger charge is -2.43. The van der Waals surface area contributed by atoms with E-state index < -0.39 is 17.9 Å². The summed E-state index contributed by atoms with van der Waals surface area (Å²) < 4.78 is 10.5. The Balaban J connectivity index is 1.28. The van der Waals surface area contributed by atoms with Crippen molar-refractivity contribution in [2.75, 3.05) is 19.8 Å². The molecule has 3 fully saturated rings. The number of thiazole rings is 1. The van der Waals surface area contributed by atoms with Gasteiger partial charge in [0.05, 0.1) is 23.5 Å². The zero-order valence-corrected chi connectivity index (χ0v) is 22.8. The summed E-state index contributed by atoms with van der Waals surface area (Å²) in [5, 5.41) is 9.90. The number of carboxylic acids is 1. The molecule has 2 bridgehead atoms. The number of aromatic amines is 1. The quantitative estimate of drug-likeness (QED) is 0.342. The molecule has 3 heterocycles. The van der Waals surface area contributed by atoms with Crippen molar-refractivity contribution in [2.24, 2.45) is 29.6 Å². The van der Waals surface area contributed by atoms with Crippen LogP contribution in [0.15, 0.2) is 34.1 Å². The molecule has 7 atom stereocenters. The number of H-pyrrole nitrogens is 1. The van der Waals surface area contributed by atoms with Gasteiger partial charge in [-0.2, -0.15) is 0 Å². The number of aromatic nitrogens is 1. The molecule has 1 aromatic heterocycles. The Hall–Kier alpha value is -3.12. The topological polar surface area (TPSA) is 143 Å². The van der Waals surface area contributed by atoms with Gasteiger partial charge in [-0.1, -0.05) is 23.5 Å². The van der Waals surface area contributed by atoms with Crippen LogP contribution in [0.4, 0.5) is 0 Å². The van der Waals surface area contributed by atoms with Crippen LogP contribution in [0.25, 0.3) is 0 Å². The summed E-state index contributed by atoms with van der Waals surface area (Å²) in [6.45, 7) is 1.96. The SMILES string of the molecule is CCOC(=O)COc1ccc([C@H]2c3sc(=O)[nH]c3SC3C4CC(C5C(=O)N(CCCC(=O)O)C(=O)C45)C32)cc1. The predicted octanol–water partition coefficient (Wildman–Crippen LogP) is 2.72. The third kappa shape index (κ3) is 4.37. The van der Waals surface area contributed by atoms with Crippen molar-refractivity contribution < 1.29 is 33.8 Å². The minimum Gasteiger partial charge on any atom is -0.482 e. The lowest BCUT2D eigenvalue weighted by molar-refractivity contribution is -0.145. The maximum absolute atomic E-state index is 13.5. The first kappa shape index (κ1) is 26.1. The fourth-order valence-electron chi connectivity index (χ4n) is 7.18. The van der Waals surface area contributed by atoms with Gasteiger partial charge in [-0.15, -0.1) is 11.8 Å². The molecule has 2 amide bonds. The highest BCUT2D eigenvalue weighted by Gasteiger charge is 2.69. The molecule has 2 aliphatic heterocycles. The fraction of sp³-hybridized carbons (Fsp3) is 0.519. The number of aliphatic carboxylic acids is 1. The standard InChI is InChI=1S/C27H28N2O8S2/c1-2-36-17(32)11-37-13-7-5-12(6-8-13)18-19-14-10-15(22(19)38-24-23(18)39-27(35)28-24)21-20(14)25(33)29(26(21)34)9-3-4-16(30)31/h5-8,14-15,18-22H,2-4,9-11H2,1H3,(H,28,35)(H,30,31)/t14?,15?,18-,19?,20?,21?,22?/m1/s1. The summed E-state index contributed by atoms with van der Waals surface area (Å²) in [5.74, 6) is -2.04. The Morgan fingerprint density at radius 3 is 2.51 bits per heavy atom. The second-order valence-corrected chi connectivity index (χ2v) is 12.7. The number of benzene rings is 1. The predicted molar refractivity (Wildman–Crippen MR) is 141 cm³/mol. The van der Waals surface area contributed by atoms with Gasteiger partial charge in [0.2, 0.25) is 11.8 Å². The Labute approximate surface area is 232 Å². The van der Waals surface area contributed by atoms with E-state index in [0.29, 0.717) is 5.75 Å². The van der Waals surface area contributed by atoms with Gasteiger partial charge < -0.3 is 19.6 Å². The van der Waals surface area contributed by atoms with E-state index in [1.807, 2.05) is 12.1 Å². The highest BCUT2D eigenvalue weighted by atomic mass is 32.2. The average molecular weight is 573 g/mol. The second-order valence-electron chi connectivity index (χ2n) is 10.4. The van der Waals surface area contributed by atoms with Crippen LogP contribution in [-0.2, 0) is 23.9 Å². The number of thioether (sulfide) groups is 1. The summed E-state index contributed by atoms with van der Waals surface area (Å²) >= 11 is 2.82. The van der Waals surface area contributed by atoms with E-state index in [0.717, 1.165) is 21.9 Å². The van der Waals surface area contributed by atoms with Crippen molar-refractivity contribution in [3.05, 3.63) is 44.4 Å². The van der Waals surface area contributed by atoms with Crippen LogP contribution in [0.3, 0.4) is 0 Å². The van der Waals surface area contributed by atoms with Gasteiger partial charge in [0.25, 0.3) is 0 Å². The molecule has 12 heteroatoms. The van der Waals surface area contributed by atoms with Gasteiger partial charge in [-0.05, 0) is 55.2 Å². The first-order valence-corrected chi connectivity index (χ1v) is 14.8. The Morgan fingerprint density at radius 2 is 1.82 bits per heavy atom. The number of nitrogens with one attached hydrogen (secondary N) is 1. The van der Waals surface area contributed by atoms with E-state index in [9.17, 15) is 24.0 Å². The summed E-state index contributed by atoms with van der Waals surface area (Å²) in [5.41, 5.74) is 0.990. The molecule has 1 saturated heterocycles. The molecule has 6 unspecified atom stereocenters. The van der Waals surface area contributed by atoms with Crippen molar-refractivity contribution in [1.29, 1.82) is 0 Å². The first-order chi connectivity index (χ1) is 18.8. The number of ether oxygens (including phenoxy) is 2. The van der Waals surface area contributed by atoms with Crippen LogP contribution in [-0.4, -0.2) is 63.8 Å². The molecule has 0 radical (unpaired) electrons. The van der Waals surface area contributed by atoms with Crippen LogP contribution in [0, 0.1) is 29.6 Å². The van der Waals surface area contributed by atoms with Crippen molar-refractivity contribution in [3.8, 4) is 5.75 Å². The number of amides is 2. The van der Waals surface area contributed by atoms with Crippen molar-refractivity contribution in [2.45, 2.75) is 42.4 Å². The third-order valence-corrected chi connectivity index (χ3v) is 11.1. The highest BCUT2D eigenvalue weighted by molar-refractivity contribution is 8.00. The van der Waals surface area contributed by atoms with Gasteiger partial charge in [0.15, 0.2) is 6.61 Å². The molecule has 2 aliphatic carbocycles. The number of rotatable bonds is 9. The van der Waals surface area contributed by atoms with E-state index in [1.165, 1.54) is 16.2 Å². The monoisotopic (exact) mass is 572 g/mol. The Kier molecular flexibility index (Phi) is 6.78. The molecule has 10 nitrogen and oxygen atoms in total. The van der Waals surface area contributed by atoms with Crippen LogP contribution >= 0.6 is 23.1 Å². The molecule has 2 aromatic rings. The molecule has 2 saturated carbocycles. The van der Waals surface area contributed by atoms with Crippen LogP contribution < -0.4 is 9.61 Å². The van der Waals surface area contributed by atoms with E-state index >= 15 is 0 Å². The second kappa shape index (κ2) is 10.1. The van der Waals surface area contributed by atoms with Crippen molar-refractivity contribution in [3.63, 3.8) is 0 Å². The molecule has 6 rings (SSSR count). The lowest BCUT2D eigenvalue weighted by atomic mass is 9.68. The molecular formula is C27H28N2O8S2. The number of esters is 1. The van der Waals surface area contributed by atoms with E-state index in [-0.39, 0.29) is 84.1 Å². The van der Waals surface area contributed by atoms with Gasteiger partial charge in [-0.3, -0.25) is 24.1 Å². The molecule has 4 aliphatic rings. The smallest absolute Gasteiger partial charge is 0.344 e. The summed E-state index contributed by atoms with van der Waals surface area (Å²) in [6.07, 6.45) is 0.943. The number of carboxylic acid groups (broad SMARTS) is 1. The number of fused-ring (bicyclic) bond motifs is 9. The van der Waals surface area contributed by atoms with E-state index in [2.05, 4.69) is 4.98 Å². The Morgan fingerprint density at radius 1 is 1.10 bits per heavy atom. The maximum Gasteiger partial charge on any atom is 0.344 e. The molecule has 2 N–H and O–H groups in total. The number of hydrogen-bond donors (Lipinski definition) is 2. The van der Waals surface area contributed by atoms with Crippen LogP contribution in [0.2, 0.25) is 0 Å². The van der Waals surface area contributed by atoms with E-state index in [1.54, 1.807) is 30.8 Å². The fourth-order valence-corrected chi connectivity index (χ4v) is 10.1. The van der Waals surface area contributed by atoms with Gasteiger partial charge >= 0.3 is 16.8 Å². The van der Waals surface area contributed by atoms with Gasteiger partial charge in [0, 0.05) is 29.0 Å². The summed E-state index contributed by atoms with van der Waals surface area (Å²) in [6, 6.07) is 7.47. The molecule has 1 aromatic carbocycles. The maximum atomic E-state index is 13.5. The number of carbonyl (C=O) groups excluding carboxylic acids is 3. The lowest BCUT2D eigenvalue weighted by Crippen LogP contribution is -2.42. The minimum absolute atomic E-state index is 0.00600. The van der Waals surface area contributed by atoms with Crippen molar-refractivity contribution >= 4 is 46.9 Å². The van der Waals surface area contributed by atoms with Crippen molar-refractivity contribution in [1.82, 2.24) is 9.88 Å². The Bertz CT molecular complexity index is 1380. The first-order valence-electron chi connectivity index (χ1n) is 13.1. The molecule has 39 heavy (non-hydrogen) atoms. The number of likely N-dealkylation sites (tertiary alicyclic amines) is 1. The van der Waals surface area contributed by atoms with E-state index in [4.69, 9.17) is 14.6 Å². The normalized spacial score (nSPS) is 30.2. The number of nitrogens with zero attached hydrogens (tertiary/aromatic N) is 1. The highest BCUT2D eigenvalue weighted by Crippen LogP contribution is 2.68. The number of imide groups is 1. The molecule has 206 valence electrons. The minimum atomic E-state index is -0.947. The largest absolute Gasteiger partial charge is 0.482 e. The summed E-state index contributed by atoms with van der Waals surface area (Å²) in [7, 11) is 0. The van der Waals surface area contributed by atoms with Crippen LogP contribution in [0.1, 0.15) is 42.5 Å². The van der Waals surface area contributed by atoms with Gasteiger partial charge in [0.1, 0.15) is 5.75 Å². The zero-order chi connectivity index (χ0) is 27.4. The van der Waals surface area contributed by atoms with Gasteiger partial charge in [-0.25, -0.2) is 4.79 Å². The number of hydrogen-bond acceptors (Lipinski definition) is 9. The molecular weight excluding hydrogens is 544 g/mol.